The van der Waals surface area contributed by atoms with Crippen LogP contribution in [-0.2, 0) is 5.41 Å². The van der Waals surface area contributed by atoms with Crippen LogP contribution in [0.15, 0.2) is 6.20 Å². The van der Waals surface area contributed by atoms with E-state index in [1.54, 1.807) is 6.20 Å². The van der Waals surface area contributed by atoms with Crippen molar-refractivity contribution in [2.24, 2.45) is 17.8 Å². The average molecular weight is 230 g/mol. The molecule has 1 N–H and O–H groups in total. The Balaban J connectivity index is 1.79. The zero-order valence-corrected chi connectivity index (χ0v) is 9.98. The lowest BCUT2D eigenvalue weighted by molar-refractivity contribution is -0.00745. The second kappa shape index (κ2) is 3.21. The molecule has 5 rings (SSSR count). The lowest BCUT2D eigenvalue weighted by Crippen LogP contribution is -2.49. The number of nitrogens with one attached hydrogen (secondary N) is 1. The maximum absolute atomic E-state index is 11.1. The molecular formula is C14H18N2O. The van der Waals surface area contributed by atoms with E-state index in [-0.39, 0.29) is 5.41 Å². The van der Waals surface area contributed by atoms with Gasteiger partial charge in [-0.3, -0.25) is 9.89 Å². The van der Waals surface area contributed by atoms with E-state index >= 15 is 0 Å². The SMILES string of the molecule is O=Cc1cn[nH]c1C12CC3CC(CC(C3)C1)C2. The summed E-state index contributed by atoms with van der Waals surface area (Å²) in [6.45, 7) is 0. The van der Waals surface area contributed by atoms with Gasteiger partial charge in [-0.25, -0.2) is 0 Å². The first-order valence-electron chi connectivity index (χ1n) is 6.78. The molecule has 4 fully saturated rings. The third-order valence-electron chi connectivity index (χ3n) is 5.36. The van der Waals surface area contributed by atoms with Gasteiger partial charge in [0.15, 0.2) is 6.29 Å². The Morgan fingerprint density at radius 1 is 1.18 bits per heavy atom. The molecule has 0 radical (unpaired) electrons. The predicted octanol–water partition coefficient (Wildman–Crippen LogP) is 2.69. The Hall–Kier alpha value is -1.12. The van der Waals surface area contributed by atoms with Crippen molar-refractivity contribution in [2.45, 2.75) is 43.9 Å². The topological polar surface area (TPSA) is 45.8 Å². The molecule has 0 aromatic carbocycles. The highest BCUT2D eigenvalue weighted by molar-refractivity contribution is 5.76. The zero-order chi connectivity index (χ0) is 11.5. The van der Waals surface area contributed by atoms with Crippen LogP contribution in [0.5, 0.6) is 0 Å². The monoisotopic (exact) mass is 230 g/mol. The Bertz CT molecular complexity index is 427. The molecule has 0 unspecified atom stereocenters. The van der Waals surface area contributed by atoms with Crippen LogP contribution >= 0.6 is 0 Å². The van der Waals surface area contributed by atoms with Gasteiger partial charge in [0.05, 0.1) is 17.5 Å². The highest BCUT2D eigenvalue weighted by atomic mass is 16.1. The number of aromatic nitrogens is 2. The smallest absolute Gasteiger partial charge is 0.153 e. The van der Waals surface area contributed by atoms with Gasteiger partial charge in [0, 0.05) is 5.41 Å². The molecule has 0 atom stereocenters. The van der Waals surface area contributed by atoms with Crippen molar-refractivity contribution in [2.75, 3.05) is 0 Å². The fourth-order valence-corrected chi connectivity index (χ4v) is 5.23. The number of carbonyl (C=O) groups is 1. The molecule has 4 aliphatic rings. The standard InChI is InChI=1S/C14H18N2O/c17-8-12-7-15-16-13(12)14-4-9-1-10(5-14)3-11(2-9)6-14/h7-11H,1-6H2,(H,15,16). The Morgan fingerprint density at radius 3 is 2.29 bits per heavy atom. The second-order valence-corrected chi connectivity index (χ2v) is 6.52. The molecule has 4 bridgehead atoms. The minimum absolute atomic E-state index is 0.265. The quantitative estimate of drug-likeness (QED) is 0.794. The van der Waals surface area contributed by atoms with Crippen molar-refractivity contribution in [3.63, 3.8) is 0 Å². The van der Waals surface area contributed by atoms with Crippen LogP contribution < -0.4 is 0 Å². The summed E-state index contributed by atoms with van der Waals surface area (Å²) >= 11 is 0. The van der Waals surface area contributed by atoms with E-state index in [0.29, 0.717) is 0 Å². The maximum Gasteiger partial charge on any atom is 0.153 e. The third-order valence-corrected chi connectivity index (χ3v) is 5.36. The first-order chi connectivity index (χ1) is 8.29. The first-order valence-corrected chi connectivity index (χ1v) is 6.78. The van der Waals surface area contributed by atoms with E-state index in [4.69, 9.17) is 0 Å². The molecule has 0 amide bonds. The molecular weight excluding hydrogens is 212 g/mol. The molecule has 90 valence electrons. The van der Waals surface area contributed by atoms with Gasteiger partial charge in [0.2, 0.25) is 0 Å². The van der Waals surface area contributed by atoms with Crippen LogP contribution in [0.2, 0.25) is 0 Å². The molecule has 0 aliphatic heterocycles. The van der Waals surface area contributed by atoms with Crippen molar-refractivity contribution in [3.8, 4) is 0 Å². The fraction of sp³-hybridized carbons (Fsp3) is 0.714. The van der Waals surface area contributed by atoms with E-state index in [1.165, 1.54) is 38.5 Å². The molecule has 0 saturated heterocycles. The van der Waals surface area contributed by atoms with Crippen LogP contribution in [-0.4, -0.2) is 16.5 Å². The minimum atomic E-state index is 0.265. The lowest BCUT2D eigenvalue weighted by Gasteiger charge is -2.56. The summed E-state index contributed by atoms with van der Waals surface area (Å²) in [6, 6.07) is 0. The van der Waals surface area contributed by atoms with Gasteiger partial charge in [-0.15, -0.1) is 0 Å². The molecule has 1 heterocycles. The summed E-state index contributed by atoms with van der Waals surface area (Å²) in [5.41, 5.74) is 2.21. The number of hydrogen-bond donors (Lipinski definition) is 1. The lowest BCUT2D eigenvalue weighted by atomic mass is 9.48. The fourth-order valence-electron chi connectivity index (χ4n) is 5.23. The number of aromatic amines is 1. The normalized spacial score (nSPS) is 42.9. The van der Waals surface area contributed by atoms with Crippen molar-refractivity contribution in [3.05, 3.63) is 17.5 Å². The third kappa shape index (κ3) is 1.28. The van der Waals surface area contributed by atoms with E-state index in [9.17, 15) is 4.79 Å². The van der Waals surface area contributed by atoms with Gasteiger partial charge in [-0.1, -0.05) is 0 Å². The molecule has 1 aromatic heterocycles. The second-order valence-electron chi connectivity index (χ2n) is 6.52. The largest absolute Gasteiger partial charge is 0.298 e. The Morgan fingerprint density at radius 2 is 1.76 bits per heavy atom. The number of H-pyrrole nitrogens is 1. The number of carbonyl (C=O) groups excluding carboxylic acids is 1. The zero-order valence-electron chi connectivity index (χ0n) is 9.98. The van der Waals surface area contributed by atoms with Crippen LogP contribution in [0.3, 0.4) is 0 Å². The van der Waals surface area contributed by atoms with Crippen LogP contribution in [0.1, 0.15) is 54.6 Å². The summed E-state index contributed by atoms with van der Waals surface area (Å²) < 4.78 is 0. The van der Waals surface area contributed by atoms with Gasteiger partial charge in [-0.2, -0.15) is 5.10 Å². The number of aldehydes is 1. The Labute approximate surface area is 101 Å². The number of hydrogen-bond acceptors (Lipinski definition) is 2. The number of nitrogens with zero attached hydrogens (tertiary/aromatic N) is 1. The highest BCUT2D eigenvalue weighted by Gasteiger charge is 2.52. The summed E-state index contributed by atoms with van der Waals surface area (Å²) in [6.07, 6.45) is 10.8. The highest BCUT2D eigenvalue weighted by Crippen LogP contribution is 2.60. The van der Waals surface area contributed by atoms with Gasteiger partial charge in [0.25, 0.3) is 0 Å². The van der Waals surface area contributed by atoms with Crippen LogP contribution in [0, 0.1) is 17.8 Å². The maximum atomic E-state index is 11.1. The molecule has 4 saturated carbocycles. The first kappa shape index (κ1) is 9.86. The van der Waals surface area contributed by atoms with Crippen LogP contribution in [0.4, 0.5) is 0 Å². The van der Waals surface area contributed by atoms with E-state index in [1.807, 2.05) is 0 Å². The van der Waals surface area contributed by atoms with Gasteiger partial charge < -0.3 is 0 Å². The van der Waals surface area contributed by atoms with E-state index in [0.717, 1.165) is 35.3 Å². The molecule has 4 aliphatic carbocycles. The Kier molecular flexibility index (Phi) is 1.86. The molecule has 3 heteroatoms. The average Bonchev–Trinajstić information content (AvgIpc) is 2.75. The van der Waals surface area contributed by atoms with Crippen molar-refractivity contribution < 1.29 is 4.79 Å². The summed E-state index contributed by atoms with van der Waals surface area (Å²) in [4.78, 5) is 11.1. The minimum Gasteiger partial charge on any atom is -0.298 e. The predicted molar refractivity (Wildman–Crippen MR) is 63.8 cm³/mol. The molecule has 0 spiro atoms. The van der Waals surface area contributed by atoms with Crippen molar-refractivity contribution >= 4 is 6.29 Å². The molecule has 3 nitrogen and oxygen atoms in total. The van der Waals surface area contributed by atoms with Crippen LogP contribution in [0.25, 0.3) is 0 Å². The summed E-state index contributed by atoms with van der Waals surface area (Å²) in [7, 11) is 0. The number of rotatable bonds is 2. The van der Waals surface area contributed by atoms with Gasteiger partial charge in [0.1, 0.15) is 0 Å². The molecule has 17 heavy (non-hydrogen) atoms. The summed E-state index contributed by atoms with van der Waals surface area (Å²) in [5, 5.41) is 7.23. The van der Waals surface area contributed by atoms with Crippen molar-refractivity contribution in [1.82, 2.24) is 10.2 Å². The van der Waals surface area contributed by atoms with E-state index < -0.39 is 0 Å². The van der Waals surface area contributed by atoms with Gasteiger partial charge in [-0.05, 0) is 56.3 Å². The summed E-state index contributed by atoms with van der Waals surface area (Å²) in [5.74, 6) is 2.72. The van der Waals surface area contributed by atoms with Crippen molar-refractivity contribution in [1.29, 1.82) is 0 Å². The van der Waals surface area contributed by atoms with E-state index in [2.05, 4.69) is 10.2 Å². The van der Waals surface area contributed by atoms with Gasteiger partial charge >= 0.3 is 0 Å². The molecule has 1 aromatic rings.